The minimum atomic E-state index is 0.890. The lowest BCUT2D eigenvalue weighted by Gasteiger charge is -2.17. The topological polar surface area (TPSA) is 12.5 Å². The van der Waals surface area contributed by atoms with E-state index < -0.39 is 0 Å². The van der Waals surface area contributed by atoms with Crippen molar-refractivity contribution in [3.8, 4) is 5.75 Å². The van der Waals surface area contributed by atoms with E-state index in [1.165, 1.54) is 5.56 Å². The van der Waals surface area contributed by atoms with E-state index >= 15 is 0 Å². The maximum absolute atomic E-state index is 5.71. The number of hydrogen-bond donors (Lipinski definition) is 0. The van der Waals surface area contributed by atoms with Gasteiger partial charge in [-0.05, 0) is 31.2 Å². The number of rotatable bonds is 2. The molecule has 1 heterocycles. The molecule has 0 aromatic heterocycles. The molecule has 2 nitrogen and oxygen atoms in total. The van der Waals surface area contributed by atoms with Crippen LogP contribution in [0.5, 0.6) is 5.75 Å². The van der Waals surface area contributed by atoms with Gasteiger partial charge < -0.3 is 9.64 Å². The van der Waals surface area contributed by atoms with Crippen molar-refractivity contribution in [3.05, 3.63) is 53.9 Å². The van der Waals surface area contributed by atoms with Gasteiger partial charge in [-0.3, -0.25) is 0 Å². The minimum Gasteiger partial charge on any atom is -0.458 e. The molecule has 0 radical (unpaired) electrons. The van der Waals surface area contributed by atoms with Gasteiger partial charge in [0.1, 0.15) is 11.5 Å². The van der Waals surface area contributed by atoms with Gasteiger partial charge >= 0.3 is 0 Å². The molecule has 0 fully saturated rings. The van der Waals surface area contributed by atoms with E-state index in [1.54, 1.807) is 0 Å². The Morgan fingerprint density at radius 3 is 2.53 bits per heavy atom. The summed E-state index contributed by atoms with van der Waals surface area (Å²) in [6, 6.07) is 8.08. The molecule has 0 bridgehead atoms. The smallest absolute Gasteiger partial charge is 0.127 e. The summed E-state index contributed by atoms with van der Waals surface area (Å²) in [5.41, 5.74) is 1.25. The maximum atomic E-state index is 5.71. The summed E-state index contributed by atoms with van der Waals surface area (Å²) in [6.07, 6.45) is 6.06. The predicted octanol–water partition coefficient (Wildman–Crippen LogP) is 2.72. The Kier molecular flexibility index (Phi) is 2.77. The van der Waals surface area contributed by atoms with Crippen LogP contribution in [0.25, 0.3) is 0 Å². The Labute approximate surface area is 90.5 Å². The van der Waals surface area contributed by atoms with Gasteiger partial charge in [0.25, 0.3) is 0 Å². The molecule has 1 aromatic rings. The molecule has 1 aliphatic heterocycles. The summed E-state index contributed by atoms with van der Waals surface area (Å²) in [6.45, 7) is 2.97. The number of allylic oxidation sites excluding steroid dienone is 1. The Morgan fingerprint density at radius 1 is 1.20 bits per heavy atom. The van der Waals surface area contributed by atoms with Crippen molar-refractivity contribution < 1.29 is 4.74 Å². The largest absolute Gasteiger partial charge is 0.458 e. The Hall–Kier alpha value is -1.70. The average molecular weight is 201 g/mol. The van der Waals surface area contributed by atoms with Crippen molar-refractivity contribution in [1.29, 1.82) is 0 Å². The molecule has 0 amide bonds. The first-order valence-corrected chi connectivity index (χ1v) is 5.07. The second-order valence-corrected chi connectivity index (χ2v) is 3.78. The third-order valence-corrected chi connectivity index (χ3v) is 2.33. The van der Waals surface area contributed by atoms with E-state index in [9.17, 15) is 0 Å². The van der Waals surface area contributed by atoms with E-state index in [0.29, 0.717) is 0 Å². The Morgan fingerprint density at radius 2 is 1.93 bits per heavy atom. The molecule has 78 valence electrons. The van der Waals surface area contributed by atoms with Crippen LogP contribution >= 0.6 is 0 Å². The van der Waals surface area contributed by atoms with Gasteiger partial charge in [-0.15, -0.1) is 0 Å². The molecule has 0 unspecified atom stereocenters. The van der Waals surface area contributed by atoms with Gasteiger partial charge in [0.05, 0.1) is 0 Å². The van der Waals surface area contributed by atoms with Gasteiger partial charge in [0.2, 0.25) is 0 Å². The highest BCUT2D eigenvalue weighted by molar-refractivity contribution is 5.30. The van der Waals surface area contributed by atoms with E-state index in [0.717, 1.165) is 18.1 Å². The highest BCUT2D eigenvalue weighted by Crippen LogP contribution is 2.16. The molecule has 0 aliphatic carbocycles. The van der Waals surface area contributed by atoms with Crippen LogP contribution in [0.2, 0.25) is 0 Å². The molecule has 15 heavy (non-hydrogen) atoms. The summed E-state index contributed by atoms with van der Waals surface area (Å²) in [5, 5.41) is 0. The molecule has 2 rings (SSSR count). The van der Waals surface area contributed by atoms with Crippen LogP contribution in [0.15, 0.2) is 48.4 Å². The van der Waals surface area contributed by atoms with Crippen LogP contribution in [0.3, 0.4) is 0 Å². The van der Waals surface area contributed by atoms with Crippen LogP contribution in [0.1, 0.15) is 5.56 Å². The quantitative estimate of drug-likeness (QED) is 0.729. The molecule has 0 saturated carbocycles. The molecule has 0 atom stereocenters. The lowest BCUT2D eigenvalue weighted by atomic mass is 10.2. The molecule has 0 N–H and O–H groups in total. The van der Waals surface area contributed by atoms with E-state index in [4.69, 9.17) is 4.74 Å². The number of ether oxygens (including phenoxy) is 1. The molecule has 0 saturated heterocycles. The van der Waals surface area contributed by atoms with E-state index in [1.807, 2.05) is 31.5 Å². The van der Waals surface area contributed by atoms with E-state index in [2.05, 4.69) is 30.0 Å². The SMILES string of the molecule is Cc1ccc(OC2=CCN(C)C=C2)cc1. The molecular weight excluding hydrogens is 186 g/mol. The van der Waals surface area contributed by atoms with Gasteiger partial charge in [-0.25, -0.2) is 0 Å². The first kappa shape index (κ1) is 9.84. The van der Waals surface area contributed by atoms with Gasteiger partial charge in [0, 0.05) is 19.8 Å². The van der Waals surface area contributed by atoms with Gasteiger partial charge in [-0.1, -0.05) is 17.7 Å². The zero-order chi connectivity index (χ0) is 10.7. The summed E-state index contributed by atoms with van der Waals surface area (Å²) < 4.78 is 5.71. The third kappa shape index (κ3) is 2.62. The highest BCUT2D eigenvalue weighted by Gasteiger charge is 2.02. The molecule has 2 heteroatoms. The maximum Gasteiger partial charge on any atom is 0.127 e. The van der Waals surface area contributed by atoms with Crippen molar-refractivity contribution in [3.63, 3.8) is 0 Å². The highest BCUT2D eigenvalue weighted by atomic mass is 16.5. The zero-order valence-electron chi connectivity index (χ0n) is 9.10. The zero-order valence-corrected chi connectivity index (χ0v) is 9.10. The monoisotopic (exact) mass is 201 g/mol. The second kappa shape index (κ2) is 4.22. The van der Waals surface area contributed by atoms with Gasteiger partial charge in [0.15, 0.2) is 0 Å². The number of aryl methyl sites for hydroxylation is 1. The van der Waals surface area contributed by atoms with Crippen molar-refractivity contribution in [2.45, 2.75) is 6.92 Å². The van der Waals surface area contributed by atoms with Crippen molar-refractivity contribution in [2.75, 3.05) is 13.6 Å². The fourth-order valence-electron chi connectivity index (χ4n) is 1.38. The number of likely N-dealkylation sites (N-methyl/N-ethyl adjacent to an activating group) is 1. The van der Waals surface area contributed by atoms with Crippen LogP contribution in [0, 0.1) is 6.92 Å². The lowest BCUT2D eigenvalue weighted by molar-refractivity contribution is 0.415. The fourth-order valence-corrected chi connectivity index (χ4v) is 1.38. The average Bonchev–Trinajstić information content (AvgIpc) is 2.25. The summed E-state index contributed by atoms with van der Waals surface area (Å²) in [7, 11) is 2.04. The van der Waals surface area contributed by atoms with Crippen LogP contribution in [-0.4, -0.2) is 18.5 Å². The lowest BCUT2D eigenvalue weighted by Crippen LogP contribution is -2.15. The van der Waals surface area contributed by atoms with Crippen LogP contribution in [-0.2, 0) is 0 Å². The predicted molar refractivity (Wildman–Crippen MR) is 61.7 cm³/mol. The molecular formula is C13H15NO. The number of nitrogens with zero attached hydrogens (tertiary/aromatic N) is 1. The summed E-state index contributed by atoms with van der Waals surface area (Å²) in [4.78, 5) is 2.10. The van der Waals surface area contributed by atoms with E-state index in [-0.39, 0.29) is 0 Å². The van der Waals surface area contributed by atoms with Crippen molar-refractivity contribution in [1.82, 2.24) is 4.90 Å². The molecule has 1 aliphatic rings. The number of benzene rings is 1. The van der Waals surface area contributed by atoms with Crippen molar-refractivity contribution in [2.24, 2.45) is 0 Å². The Bertz CT molecular complexity index is 390. The van der Waals surface area contributed by atoms with Crippen LogP contribution < -0.4 is 4.74 Å². The number of hydrogen-bond acceptors (Lipinski definition) is 2. The first-order valence-electron chi connectivity index (χ1n) is 5.07. The second-order valence-electron chi connectivity index (χ2n) is 3.78. The third-order valence-electron chi connectivity index (χ3n) is 2.33. The summed E-state index contributed by atoms with van der Waals surface area (Å²) >= 11 is 0. The summed E-state index contributed by atoms with van der Waals surface area (Å²) in [5.74, 6) is 1.80. The first-order chi connectivity index (χ1) is 7.24. The minimum absolute atomic E-state index is 0.890. The fraction of sp³-hybridized carbons (Fsp3) is 0.231. The molecule has 0 spiro atoms. The van der Waals surface area contributed by atoms with Crippen molar-refractivity contribution >= 4 is 0 Å². The van der Waals surface area contributed by atoms with Gasteiger partial charge in [-0.2, -0.15) is 0 Å². The Balaban J connectivity index is 2.04. The standard InChI is InChI=1S/C13H15NO/c1-11-3-5-12(6-4-11)15-13-7-9-14(2)10-8-13/h3-9H,10H2,1-2H3. The normalized spacial score (nSPS) is 15.1. The molecule has 1 aromatic carbocycles. The van der Waals surface area contributed by atoms with Crippen LogP contribution in [0.4, 0.5) is 0 Å².